The van der Waals surface area contributed by atoms with Gasteiger partial charge in [0.15, 0.2) is 6.29 Å². The van der Waals surface area contributed by atoms with Crippen LogP contribution in [0, 0.1) is 5.92 Å². The summed E-state index contributed by atoms with van der Waals surface area (Å²) in [6.45, 7) is 2.81. The Morgan fingerprint density at radius 1 is 1.64 bits per heavy atom. The molecule has 4 heteroatoms. The zero-order valence-corrected chi connectivity index (χ0v) is 6.49. The van der Waals surface area contributed by atoms with Crippen LogP contribution in [0.15, 0.2) is 5.10 Å². The van der Waals surface area contributed by atoms with Gasteiger partial charge in [-0.15, -0.1) is 0 Å². The van der Waals surface area contributed by atoms with E-state index in [0.717, 1.165) is 12.1 Å². The maximum absolute atomic E-state index is 5.48. The maximum atomic E-state index is 5.48. The molecule has 2 rings (SSSR count). The average Bonchev–Trinajstić information content (AvgIpc) is 2.43. The highest BCUT2D eigenvalue weighted by Gasteiger charge is 2.39. The average molecular weight is 156 g/mol. The summed E-state index contributed by atoms with van der Waals surface area (Å²) in [6.07, 6.45) is 0.915. The lowest BCUT2D eigenvalue weighted by Crippen LogP contribution is -2.34. The topological polar surface area (TPSA) is 56.8 Å². The Hall–Kier alpha value is -0.610. The number of nitrogens with two attached hydrogens (primary N) is 1. The van der Waals surface area contributed by atoms with Gasteiger partial charge in [0, 0.05) is 0 Å². The first-order chi connectivity index (χ1) is 5.31. The van der Waals surface area contributed by atoms with Gasteiger partial charge in [-0.05, 0) is 12.3 Å². The van der Waals surface area contributed by atoms with Gasteiger partial charge in [0.1, 0.15) is 0 Å². The van der Waals surface area contributed by atoms with E-state index in [0.29, 0.717) is 12.5 Å². The predicted molar refractivity (Wildman–Crippen MR) is 40.0 cm³/mol. The first kappa shape index (κ1) is 7.06. The minimum atomic E-state index is -0.249. The van der Waals surface area contributed by atoms with Crippen LogP contribution in [0.5, 0.6) is 0 Å². The SMILES string of the molecule is CC1C/C(=N/N)C2OC[C@H]1O2. The summed E-state index contributed by atoms with van der Waals surface area (Å²) in [5, 5.41) is 3.64. The molecule has 0 spiro atoms. The van der Waals surface area contributed by atoms with Crippen molar-refractivity contribution < 1.29 is 9.47 Å². The van der Waals surface area contributed by atoms with Crippen molar-refractivity contribution in [1.82, 2.24) is 0 Å². The molecular weight excluding hydrogens is 144 g/mol. The Morgan fingerprint density at radius 2 is 2.45 bits per heavy atom. The van der Waals surface area contributed by atoms with Crippen LogP contribution < -0.4 is 5.84 Å². The molecule has 2 bridgehead atoms. The van der Waals surface area contributed by atoms with Crippen molar-refractivity contribution in [2.24, 2.45) is 16.9 Å². The lowest BCUT2D eigenvalue weighted by Gasteiger charge is -2.24. The van der Waals surface area contributed by atoms with E-state index in [1.54, 1.807) is 0 Å². The summed E-state index contributed by atoms with van der Waals surface area (Å²) in [7, 11) is 0. The molecule has 0 radical (unpaired) electrons. The second-order valence-corrected chi connectivity index (χ2v) is 3.14. The number of hydrazone groups is 1. The summed E-state index contributed by atoms with van der Waals surface area (Å²) >= 11 is 0. The second-order valence-electron chi connectivity index (χ2n) is 3.14. The third kappa shape index (κ3) is 1.02. The van der Waals surface area contributed by atoms with Crippen LogP contribution in [0.25, 0.3) is 0 Å². The van der Waals surface area contributed by atoms with Crippen LogP contribution in [-0.4, -0.2) is 24.7 Å². The largest absolute Gasteiger partial charge is 0.345 e. The molecular formula is C7H12N2O2. The summed E-state index contributed by atoms with van der Waals surface area (Å²) in [6, 6.07) is 0. The molecule has 0 amide bonds. The highest BCUT2D eigenvalue weighted by molar-refractivity contribution is 5.88. The number of hydrogen-bond acceptors (Lipinski definition) is 4. The Bertz CT molecular complexity index is 193. The van der Waals surface area contributed by atoms with Crippen molar-refractivity contribution in [1.29, 1.82) is 0 Å². The summed E-state index contributed by atoms with van der Waals surface area (Å²) in [4.78, 5) is 0. The first-order valence-corrected chi connectivity index (χ1v) is 3.85. The van der Waals surface area contributed by atoms with Gasteiger partial charge in [-0.2, -0.15) is 5.10 Å². The van der Waals surface area contributed by atoms with Crippen molar-refractivity contribution in [3.8, 4) is 0 Å². The van der Waals surface area contributed by atoms with E-state index in [1.165, 1.54) is 0 Å². The van der Waals surface area contributed by atoms with Crippen molar-refractivity contribution in [3.05, 3.63) is 0 Å². The minimum Gasteiger partial charge on any atom is -0.345 e. The van der Waals surface area contributed by atoms with Gasteiger partial charge in [0.05, 0.1) is 18.4 Å². The van der Waals surface area contributed by atoms with Gasteiger partial charge in [0.25, 0.3) is 0 Å². The normalized spacial score (nSPS) is 46.6. The molecule has 0 aromatic carbocycles. The number of hydrogen-bond donors (Lipinski definition) is 1. The summed E-state index contributed by atoms with van der Waals surface area (Å²) in [5.74, 6) is 5.66. The number of ether oxygens (including phenoxy) is 2. The van der Waals surface area contributed by atoms with Crippen molar-refractivity contribution in [2.45, 2.75) is 25.7 Å². The second kappa shape index (κ2) is 2.46. The van der Waals surface area contributed by atoms with E-state index >= 15 is 0 Å². The van der Waals surface area contributed by atoms with Crippen molar-refractivity contribution in [3.63, 3.8) is 0 Å². The van der Waals surface area contributed by atoms with E-state index in [9.17, 15) is 0 Å². The molecule has 2 aliphatic heterocycles. The Balaban J connectivity index is 2.17. The molecule has 2 N–H and O–H groups in total. The number of rotatable bonds is 0. The fraction of sp³-hybridized carbons (Fsp3) is 0.857. The summed E-state index contributed by atoms with van der Waals surface area (Å²) < 4.78 is 10.8. The molecule has 0 saturated carbocycles. The Labute approximate surface area is 65.3 Å². The fourth-order valence-electron chi connectivity index (χ4n) is 1.56. The lowest BCUT2D eigenvalue weighted by atomic mass is 9.97. The van der Waals surface area contributed by atoms with Crippen LogP contribution in [0.3, 0.4) is 0 Å². The molecule has 0 aliphatic carbocycles. The smallest absolute Gasteiger partial charge is 0.199 e. The van der Waals surface area contributed by atoms with Crippen LogP contribution in [0.2, 0.25) is 0 Å². The molecule has 0 aromatic heterocycles. The minimum absolute atomic E-state index is 0.249. The van der Waals surface area contributed by atoms with Gasteiger partial charge in [-0.25, -0.2) is 0 Å². The molecule has 4 nitrogen and oxygen atoms in total. The Kier molecular flexibility index (Phi) is 1.58. The monoisotopic (exact) mass is 156 g/mol. The molecule has 3 atom stereocenters. The Morgan fingerprint density at radius 3 is 3.18 bits per heavy atom. The number of nitrogens with zero attached hydrogens (tertiary/aromatic N) is 1. The van der Waals surface area contributed by atoms with Crippen molar-refractivity contribution >= 4 is 5.71 Å². The molecule has 2 fully saturated rings. The van der Waals surface area contributed by atoms with Gasteiger partial charge < -0.3 is 15.3 Å². The van der Waals surface area contributed by atoms with Crippen molar-refractivity contribution in [2.75, 3.05) is 6.61 Å². The van der Waals surface area contributed by atoms with Gasteiger partial charge in [-0.1, -0.05) is 6.92 Å². The number of fused-ring (bicyclic) bond motifs is 2. The van der Waals surface area contributed by atoms with E-state index in [1.807, 2.05) is 0 Å². The van der Waals surface area contributed by atoms with Gasteiger partial charge in [0.2, 0.25) is 0 Å². The molecule has 0 aromatic rings. The molecule has 2 saturated heterocycles. The summed E-state index contributed by atoms with van der Waals surface area (Å²) in [5.41, 5.74) is 0.839. The fourth-order valence-corrected chi connectivity index (χ4v) is 1.56. The van der Waals surface area contributed by atoms with Gasteiger partial charge in [-0.3, -0.25) is 0 Å². The molecule has 62 valence electrons. The van der Waals surface area contributed by atoms with Crippen LogP contribution in [0.4, 0.5) is 0 Å². The van der Waals surface area contributed by atoms with Crippen LogP contribution >= 0.6 is 0 Å². The third-order valence-electron chi connectivity index (χ3n) is 2.31. The molecule has 11 heavy (non-hydrogen) atoms. The van der Waals surface area contributed by atoms with E-state index in [2.05, 4.69) is 12.0 Å². The maximum Gasteiger partial charge on any atom is 0.199 e. The van der Waals surface area contributed by atoms with Crippen LogP contribution in [0.1, 0.15) is 13.3 Å². The van der Waals surface area contributed by atoms with E-state index in [-0.39, 0.29) is 12.4 Å². The molecule has 2 aliphatic rings. The lowest BCUT2D eigenvalue weighted by molar-refractivity contribution is -0.0301. The predicted octanol–water partition coefficient (Wildman–Crippen LogP) is 0.0824. The first-order valence-electron chi connectivity index (χ1n) is 3.85. The van der Waals surface area contributed by atoms with Crippen LogP contribution in [-0.2, 0) is 9.47 Å². The quantitative estimate of drug-likeness (QED) is 0.399. The van der Waals surface area contributed by atoms with E-state index in [4.69, 9.17) is 15.3 Å². The zero-order valence-electron chi connectivity index (χ0n) is 6.49. The highest BCUT2D eigenvalue weighted by Crippen LogP contribution is 2.29. The van der Waals surface area contributed by atoms with E-state index < -0.39 is 0 Å². The molecule has 2 heterocycles. The molecule has 2 unspecified atom stereocenters. The standard InChI is InChI=1S/C7H12N2O2/c1-4-2-5(9-8)7-10-3-6(4)11-7/h4,6-7H,2-3,8H2,1H3/b9-5-/t4?,6-,7?/m1/s1. The van der Waals surface area contributed by atoms with Gasteiger partial charge >= 0.3 is 0 Å². The third-order valence-corrected chi connectivity index (χ3v) is 2.31. The highest BCUT2D eigenvalue weighted by atomic mass is 16.7. The zero-order chi connectivity index (χ0) is 7.84.